The topological polar surface area (TPSA) is 36.7 Å². The molecule has 1 rings (SSSR count). The molecule has 0 aromatic carbocycles. The van der Waals surface area contributed by atoms with Crippen LogP contribution in [0, 0.1) is 11.3 Å². The highest BCUT2D eigenvalue weighted by atomic mass is 35.5. The van der Waals surface area contributed by atoms with Crippen molar-refractivity contribution in [1.82, 2.24) is 4.98 Å². The Hall–Kier alpha value is -1.33. The SMILES string of the molecule is N#Cc1cc(C=CCCCl)ccn1. The quantitative estimate of drug-likeness (QED) is 0.691. The van der Waals surface area contributed by atoms with Gasteiger partial charge in [-0.15, -0.1) is 11.6 Å². The predicted molar refractivity (Wildman–Crippen MR) is 53.3 cm³/mol. The minimum Gasteiger partial charge on any atom is -0.246 e. The fourth-order valence-corrected chi connectivity index (χ4v) is 1.02. The minimum atomic E-state index is 0.438. The third kappa shape index (κ3) is 3.27. The van der Waals surface area contributed by atoms with Crippen LogP contribution >= 0.6 is 11.6 Å². The fourth-order valence-electron chi connectivity index (χ4n) is 0.894. The summed E-state index contributed by atoms with van der Waals surface area (Å²) in [5.74, 6) is 0.618. The molecule has 0 saturated heterocycles. The average Bonchev–Trinajstić information content (AvgIpc) is 2.19. The first-order valence-electron chi connectivity index (χ1n) is 3.95. The molecule has 66 valence electrons. The van der Waals surface area contributed by atoms with Crippen molar-refractivity contribution in [3.05, 3.63) is 35.7 Å². The molecule has 0 radical (unpaired) electrons. The Morgan fingerprint density at radius 2 is 2.46 bits per heavy atom. The zero-order chi connectivity index (χ0) is 9.52. The number of nitriles is 1. The van der Waals surface area contributed by atoms with Gasteiger partial charge in [0.25, 0.3) is 0 Å². The van der Waals surface area contributed by atoms with E-state index < -0.39 is 0 Å². The minimum absolute atomic E-state index is 0.438. The smallest absolute Gasteiger partial charge is 0.141 e. The van der Waals surface area contributed by atoms with Crippen molar-refractivity contribution >= 4 is 17.7 Å². The van der Waals surface area contributed by atoms with Gasteiger partial charge >= 0.3 is 0 Å². The number of aromatic nitrogens is 1. The number of hydrogen-bond acceptors (Lipinski definition) is 2. The summed E-state index contributed by atoms with van der Waals surface area (Å²) in [7, 11) is 0. The fraction of sp³-hybridized carbons (Fsp3) is 0.200. The van der Waals surface area contributed by atoms with Crippen LogP contribution in [-0.2, 0) is 0 Å². The summed E-state index contributed by atoms with van der Waals surface area (Å²) in [5, 5.41) is 8.58. The molecule has 0 fully saturated rings. The molecule has 0 aliphatic carbocycles. The van der Waals surface area contributed by atoms with Crippen LogP contribution < -0.4 is 0 Å². The molecule has 0 N–H and O–H groups in total. The zero-order valence-corrected chi connectivity index (χ0v) is 7.83. The van der Waals surface area contributed by atoms with E-state index >= 15 is 0 Å². The van der Waals surface area contributed by atoms with Crippen LogP contribution in [0.25, 0.3) is 6.08 Å². The van der Waals surface area contributed by atoms with Gasteiger partial charge in [-0.3, -0.25) is 0 Å². The molecule has 1 aromatic rings. The van der Waals surface area contributed by atoms with Crippen molar-refractivity contribution < 1.29 is 0 Å². The summed E-state index contributed by atoms with van der Waals surface area (Å²) in [6.45, 7) is 0. The van der Waals surface area contributed by atoms with Gasteiger partial charge in [0.05, 0.1) is 0 Å². The maximum atomic E-state index is 8.58. The summed E-state index contributed by atoms with van der Waals surface area (Å²) in [5.41, 5.74) is 1.42. The molecule has 0 saturated carbocycles. The number of halogens is 1. The lowest BCUT2D eigenvalue weighted by atomic mass is 10.2. The van der Waals surface area contributed by atoms with Gasteiger partial charge in [0.2, 0.25) is 0 Å². The first-order chi connectivity index (χ1) is 6.36. The van der Waals surface area contributed by atoms with E-state index in [9.17, 15) is 0 Å². The van der Waals surface area contributed by atoms with E-state index in [4.69, 9.17) is 16.9 Å². The molecule has 1 heterocycles. The Bertz CT molecular complexity index is 339. The molecule has 1 aromatic heterocycles. The summed E-state index contributed by atoms with van der Waals surface area (Å²) in [4.78, 5) is 3.87. The van der Waals surface area contributed by atoms with Crippen LogP contribution in [0.1, 0.15) is 17.7 Å². The van der Waals surface area contributed by atoms with Crippen LogP contribution in [0.4, 0.5) is 0 Å². The molecule has 0 spiro atoms. The van der Waals surface area contributed by atoms with E-state index in [1.54, 1.807) is 12.3 Å². The second-order valence-electron chi connectivity index (χ2n) is 2.47. The van der Waals surface area contributed by atoms with E-state index in [0.717, 1.165) is 12.0 Å². The van der Waals surface area contributed by atoms with Gasteiger partial charge in [-0.1, -0.05) is 12.2 Å². The zero-order valence-electron chi connectivity index (χ0n) is 7.07. The van der Waals surface area contributed by atoms with Crippen molar-refractivity contribution in [2.45, 2.75) is 6.42 Å². The Morgan fingerprint density at radius 3 is 3.15 bits per heavy atom. The molecule has 13 heavy (non-hydrogen) atoms. The molecule has 0 atom stereocenters. The molecular formula is C10H9ClN2. The van der Waals surface area contributed by atoms with E-state index in [1.807, 2.05) is 24.3 Å². The monoisotopic (exact) mass is 192 g/mol. The third-order valence-corrected chi connectivity index (χ3v) is 1.70. The van der Waals surface area contributed by atoms with E-state index in [1.165, 1.54) is 0 Å². The second-order valence-corrected chi connectivity index (χ2v) is 2.84. The first kappa shape index (κ1) is 9.76. The molecule has 0 bridgehead atoms. The largest absolute Gasteiger partial charge is 0.246 e. The highest BCUT2D eigenvalue weighted by Crippen LogP contribution is 2.04. The van der Waals surface area contributed by atoms with Gasteiger partial charge in [0.15, 0.2) is 0 Å². The molecule has 2 nitrogen and oxygen atoms in total. The predicted octanol–water partition coefficient (Wildman–Crippen LogP) is 2.60. The van der Waals surface area contributed by atoms with Gasteiger partial charge in [-0.05, 0) is 24.1 Å². The standard InChI is InChI=1S/C10H9ClN2/c11-5-2-1-3-9-4-6-13-10(7-9)8-12/h1,3-4,6-7H,2,5H2. The van der Waals surface area contributed by atoms with Crippen molar-refractivity contribution in [3.8, 4) is 6.07 Å². The Balaban J connectivity index is 2.73. The van der Waals surface area contributed by atoms with Gasteiger partial charge in [0, 0.05) is 12.1 Å². The highest BCUT2D eigenvalue weighted by Gasteiger charge is 1.91. The molecule has 0 amide bonds. The van der Waals surface area contributed by atoms with Crippen molar-refractivity contribution in [2.75, 3.05) is 5.88 Å². The van der Waals surface area contributed by atoms with Crippen LogP contribution in [0.2, 0.25) is 0 Å². The van der Waals surface area contributed by atoms with Gasteiger partial charge in [0.1, 0.15) is 11.8 Å². The lowest BCUT2D eigenvalue weighted by Crippen LogP contribution is -1.81. The van der Waals surface area contributed by atoms with Crippen molar-refractivity contribution in [3.63, 3.8) is 0 Å². The lowest BCUT2D eigenvalue weighted by molar-refractivity contribution is 1.24. The van der Waals surface area contributed by atoms with E-state index in [2.05, 4.69) is 4.98 Å². The van der Waals surface area contributed by atoms with Crippen LogP contribution in [-0.4, -0.2) is 10.9 Å². The number of alkyl halides is 1. The highest BCUT2D eigenvalue weighted by molar-refractivity contribution is 6.17. The summed E-state index contributed by atoms with van der Waals surface area (Å²) >= 11 is 5.51. The number of hydrogen-bond donors (Lipinski definition) is 0. The van der Waals surface area contributed by atoms with Crippen molar-refractivity contribution in [2.24, 2.45) is 0 Å². The summed E-state index contributed by atoms with van der Waals surface area (Å²) in [6.07, 6.45) is 6.37. The second kappa shape index (κ2) is 5.34. The lowest BCUT2D eigenvalue weighted by Gasteiger charge is -1.92. The molecular weight excluding hydrogens is 184 g/mol. The summed E-state index contributed by atoms with van der Waals surface area (Å²) in [6, 6.07) is 5.58. The first-order valence-corrected chi connectivity index (χ1v) is 4.49. The van der Waals surface area contributed by atoms with Crippen LogP contribution in [0.15, 0.2) is 24.4 Å². The molecule has 0 aliphatic rings. The summed E-state index contributed by atoms with van der Waals surface area (Å²) < 4.78 is 0. The average molecular weight is 193 g/mol. The van der Waals surface area contributed by atoms with Gasteiger partial charge in [-0.25, -0.2) is 4.98 Å². The Kier molecular flexibility index (Phi) is 4.01. The maximum absolute atomic E-state index is 8.58. The van der Waals surface area contributed by atoms with Gasteiger partial charge < -0.3 is 0 Å². The molecule has 0 aliphatic heterocycles. The number of allylic oxidation sites excluding steroid dienone is 1. The van der Waals surface area contributed by atoms with Crippen molar-refractivity contribution in [1.29, 1.82) is 5.26 Å². The van der Waals surface area contributed by atoms with E-state index in [-0.39, 0.29) is 0 Å². The normalized spacial score (nSPS) is 10.2. The number of nitrogens with zero attached hydrogens (tertiary/aromatic N) is 2. The Morgan fingerprint density at radius 1 is 1.62 bits per heavy atom. The number of rotatable bonds is 3. The van der Waals surface area contributed by atoms with Crippen LogP contribution in [0.3, 0.4) is 0 Å². The van der Waals surface area contributed by atoms with Crippen LogP contribution in [0.5, 0.6) is 0 Å². The van der Waals surface area contributed by atoms with Gasteiger partial charge in [-0.2, -0.15) is 5.26 Å². The molecule has 3 heteroatoms. The number of pyridine rings is 1. The molecule has 0 unspecified atom stereocenters. The Labute approximate surface area is 82.5 Å². The van der Waals surface area contributed by atoms with E-state index in [0.29, 0.717) is 11.6 Å². The third-order valence-electron chi connectivity index (χ3n) is 1.48. The maximum Gasteiger partial charge on any atom is 0.141 e.